The molecule has 3 heterocycles. The number of fused-ring (bicyclic) bond motifs is 1. The van der Waals surface area contributed by atoms with Crippen LogP contribution in [-0.2, 0) is 6.54 Å². The van der Waals surface area contributed by atoms with Crippen molar-refractivity contribution in [3.05, 3.63) is 56.7 Å². The van der Waals surface area contributed by atoms with Gasteiger partial charge in [0.1, 0.15) is 10.2 Å². The quantitative estimate of drug-likeness (QED) is 0.448. The van der Waals surface area contributed by atoms with Crippen molar-refractivity contribution in [1.82, 2.24) is 14.9 Å². The smallest absolute Gasteiger partial charge is 0.273 e. The van der Waals surface area contributed by atoms with Crippen LogP contribution >= 0.6 is 11.3 Å². The molecule has 1 fully saturated rings. The second kappa shape index (κ2) is 10.1. The van der Waals surface area contributed by atoms with Gasteiger partial charge in [-0.1, -0.05) is 18.2 Å². The van der Waals surface area contributed by atoms with Crippen molar-refractivity contribution in [2.24, 2.45) is 5.73 Å². The van der Waals surface area contributed by atoms with Gasteiger partial charge in [0, 0.05) is 37.7 Å². The predicted octanol–water partition coefficient (Wildman–Crippen LogP) is 1.42. The van der Waals surface area contributed by atoms with Crippen molar-refractivity contribution in [2.75, 3.05) is 31.1 Å². The first-order valence-electron chi connectivity index (χ1n) is 10.9. The normalized spacial score (nSPS) is 16.0. The van der Waals surface area contributed by atoms with Gasteiger partial charge in [-0.15, -0.1) is 11.3 Å². The van der Waals surface area contributed by atoms with Crippen molar-refractivity contribution in [3.8, 4) is 6.07 Å². The Kier molecular flexibility index (Phi) is 7.03. The molecule has 1 saturated heterocycles. The molecule has 33 heavy (non-hydrogen) atoms. The lowest BCUT2D eigenvalue weighted by Crippen LogP contribution is -2.45. The lowest BCUT2D eigenvalue weighted by atomic mass is 10.1. The molecule has 2 aromatic heterocycles. The Hall–Kier alpha value is -3.26. The lowest BCUT2D eigenvalue weighted by Gasteiger charge is -2.33. The van der Waals surface area contributed by atoms with Crippen LogP contribution in [0.4, 0.5) is 5.95 Å². The molecule has 1 amide bonds. The van der Waals surface area contributed by atoms with Gasteiger partial charge < -0.3 is 21.1 Å². The summed E-state index contributed by atoms with van der Waals surface area (Å²) in [4.78, 5) is 33.1. The number of nitrogens with zero attached hydrogens (tertiary/aromatic N) is 4. The van der Waals surface area contributed by atoms with Crippen LogP contribution in [0, 0.1) is 11.3 Å². The van der Waals surface area contributed by atoms with E-state index in [2.05, 4.69) is 11.4 Å². The summed E-state index contributed by atoms with van der Waals surface area (Å²) >= 11 is 1.18. The fraction of sp³-hybridized carbons (Fsp3) is 0.391. The number of nitriles is 1. The van der Waals surface area contributed by atoms with E-state index in [0.717, 1.165) is 18.4 Å². The highest BCUT2D eigenvalue weighted by atomic mass is 32.1. The standard InChI is InChI=1S/C23H26N6O3S/c24-11-15-5-1-2-6-16(15)12-29-22(32)20-19(18(14-33-20)21(31)26-8-4-10-30)27-23(29)28-9-3-7-17(25)13-28/h1-2,5-6,14,17,30H,3-4,7-10,12-13,25H2,(H,26,31)/t17-/m1/s1. The predicted molar refractivity (Wildman–Crippen MR) is 128 cm³/mol. The van der Waals surface area contributed by atoms with Crippen molar-refractivity contribution >= 4 is 33.4 Å². The van der Waals surface area contributed by atoms with Gasteiger partial charge in [0.05, 0.1) is 23.7 Å². The average molecular weight is 467 g/mol. The number of benzene rings is 1. The van der Waals surface area contributed by atoms with E-state index in [1.165, 1.54) is 11.3 Å². The maximum atomic E-state index is 13.6. The van der Waals surface area contributed by atoms with Crippen LogP contribution in [-0.4, -0.2) is 52.8 Å². The van der Waals surface area contributed by atoms with Crippen LogP contribution < -0.4 is 21.5 Å². The van der Waals surface area contributed by atoms with Gasteiger partial charge in [-0.05, 0) is 30.9 Å². The zero-order valence-corrected chi connectivity index (χ0v) is 19.0. The molecule has 4 N–H and O–H groups in total. The van der Waals surface area contributed by atoms with E-state index >= 15 is 0 Å². The summed E-state index contributed by atoms with van der Waals surface area (Å²) in [6, 6.07) is 9.33. The molecular formula is C23H26N6O3S. The van der Waals surface area contributed by atoms with E-state index in [4.69, 9.17) is 15.8 Å². The Labute approximate surface area is 195 Å². The SMILES string of the molecule is N#Cc1ccccc1Cn1c(N2CCC[C@@H](N)C2)nc2c(C(=O)NCCCO)csc2c1=O. The summed E-state index contributed by atoms with van der Waals surface area (Å²) in [6.45, 7) is 1.77. The lowest BCUT2D eigenvalue weighted by molar-refractivity contribution is 0.0953. The highest BCUT2D eigenvalue weighted by Gasteiger charge is 2.25. The molecular weight excluding hydrogens is 440 g/mol. The monoisotopic (exact) mass is 466 g/mol. The van der Waals surface area contributed by atoms with Crippen LogP contribution in [0.1, 0.15) is 40.7 Å². The van der Waals surface area contributed by atoms with Gasteiger partial charge in [0.2, 0.25) is 5.95 Å². The molecule has 0 aliphatic carbocycles. The van der Waals surface area contributed by atoms with Gasteiger partial charge in [-0.25, -0.2) is 4.98 Å². The third-order valence-electron chi connectivity index (χ3n) is 5.73. The molecule has 1 atom stereocenters. The third-order valence-corrected chi connectivity index (χ3v) is 6.69. The number of aliphatic hydroxyl groups is 1. The largest absolute Gasteiger partial charge is 0.396 e. The van der Waals surface area contributed by atoms with Gasteiger partial charge >= 0.3 is 0 Å². The van der Waals surface area contributed by atoms with Crippen LogP contribution in [0.25, 0.3) is 10.2 Å². The topological polar surface area (TPSA) is 137 Å². The Morgan fingerprint density at radius 3 is 2.97 bits per heavy atom. The first-order chi connectivity index (χ1) is 16.0. The Bertz CT molecular complexity index is 1260. The van der Waals surface area contributed by atoms with Gasteiger partial charge in [-0.2, -0.15) is 5.26 Å². The van der Waals surface area contributed by atoms with Crippen molar-refractivity contribution in [1.29, 1.82) is 5.26 Å². The van der Waals surface area contributed by atoms with E-state index in [9.17, 15) is 14.9 Å². The van der Waals surface area contributed by atoms with Gasteiger partial charge in [-0.3, -0.25) is 14.2 Å². The Balaban J connectivity index is 1.83. The second-order valence-corrected chi connectivity index (χ2v) is 8.96. The number of hydrogen-bond donors (Lipinski definition) is 3. The van der Waals surface area contributed by atoms with Gasteiger partial charge in [0.15, 0.2) is 0 Å². The minimum atomic E-state index is -0.324. The molecule has 9 nitrogen and oxygen atoms in total. The molecule has 4 rings (SSSR count). The number of piperidine rings is 1. The number of aliphatic hydroxyl groups excluding tert-OH is 1. The molecule has 0 spiro atoms. The molecule has 1 aliphatic heterocycles. The van der Waals surface area contributed by atoms with E-state index < -0.39 is 0 Å². The highest BCUT2D eigenvalue weighted by molar-refractivity contribution is 7.17. The van der Waals surface area contributed by atoms with Crippen molar-refractivity contribution in [2.45, 2.75) is 31.8 Å². The zero-order valence-electron chi connectivity index (χ0n) is 18.2. The van der Waals surface area contributed by atoms with Gasteiger partial charge in [0.25, 0.3) is 11.5 Å². The number of rotatable bonds is 7. The number of amides is 1. The maximum absolute atomic E-state index is 13.6. The number of thiophene rings is 1. The number of nitrogens with one attached hydrogen (secondary N) is 1. The van der Waals surface area contributed by atoms with Crippen LogP contribution in [0.5, 0.6) is 0 Å². The number of aromatic nitrogens is 2. The number of carbonyl (C=O) groups excluding carboxylic acids is 1. The molecule has 1 aliphatic rings. The first-order valence-corrected chi connectivity index (χ1v) is 11.8. The molecule has 0 radical (unpaired) electrons. The summed E-state index contributed by atoms with van der Waals surface area (Å²) in [6.07, 6.45) is 2.22. The minimum absolute atomic E-state index is 0.0167. The number of hydrogen-bond acceptors (Lipinski definition) is 8. The van der Waals surface area contributed by atoms with Crippen molar-refractivity contribution < 1.29 is 9.90 Å². The molecule has 0 saturated carbocycles. The number of anilines is 1. The summed E-state index contributed by atoms with van der Waals surface area (Å²) in [5.41, 5.74) is 7.89. The van der Waals surface area contributed by atoms with Crippen LogP contribution in [0.15, 0.2) is 34.4 Å². The van der Waals surface area contributed by atoms with Crippen molar-refractivity contribution in [3.63, 3.8) is 0 Å². The van der Waals surface area contributed by atoms with E-state index in [0.29, 0.717) is 53.3 Å². The molecule has 0 bridgehead atoms. The summed E-state index contributed by atoms with van der Waals surface area (Å²) < 4.78 is 1.97. The summed E-state index contributed by atoms with van der Waals surface area (Å²) in [5.74, 6) is 0.133. The Morgan fingerprint density at radius 1 is 1.39 bits per heavy atom. The molecule has 10 heteroatoms. The minimum Gasteiger partial charge on any atom is -0.396 e. The molecule has 1 aromatic carbocycles. The Morgan fingerprint density at radius 2 is 2.21 bits per heavy atom. The third kappa shape index (κ3) is 4.75. The number of carbonyl (C=O) groups is 1. The average Bonchev–Trinajstić information content (AvgIpc) is 3.25. The molecule has 3 aromatic rings. The highest BCUT2D eigenvalue weighted by Crippen LogP contribution is 2.26. The van der Waals surface area contributed by atoms with E-state index in [1.807, 2.05) is 17.0 Å². The first kappa shape index (κ1) is 22.9. The van der Waals surface area contributed by atoms with Crippen LogP contribution in [0.2, 0.25) is 0 Å². The fourth-order valence-corrected chi connectivity index (χ4v) is 4.97. The van der Waals surface area contributed by atoms with E-state index in [1.54, 1.807) is 22.1 Å². The molecule has 172 valence electrons. The van der Waals surface area contributed by atoms with E-state index in [-0.39, 0.29) is 30.7 Å². The summed E-state index contributed by atoms with van der Waals surface area (Å²) in [7, 11) is 0. The zero-order chi connectivity index (χ0) is 23.4. The maximum Gasteiger partial charge on any atom is 0.273 e. The second-order valence-electron chi connectivity index (χ2n) is 8.08. The van der Waals surface area contributed by atoms with Crippen LogP contribution in [0.3, 0.4) is 0 Å². The molecule has 0 unspecified atom stereocenters. The summed E-state index contributed by atoms with van der Waals surface area (Å²) in [5, 5.41) is 22.9. The number of nitrogens with two attached hydrogens (primary N) is 1. The fourth-order valence-electron chi connectivity index (χ4n) is 4.04.